The molecule has 0 aliphatic carbocycles. The molecule has 0 fully saturated rings. The average Bonchev–Trinajstić information content (AvgIpc) is 2.47. The number of aromatic nitrogens is 1. The SMILES string of the molecule is Cc1ccccc1NC(=O)c1ncccc1/C=C/C(=O)O. The second-order valence-corrected chi connectivity index (χ2v) is 4.38. The number of carboxylic acids is 1. The number of carbonyl (C=O) groups is 2. The number of nitrogens with zero attached hydrogens (tertiary/aromatic N) is 1. The van der Waals surface area contributed by atoms with E-state index in [0.717, 1.165) is 11.6 Å². The van der Waals surface area contributed by atoms with Gasteiger partial charge in [0.2, 0.25) is 0 Å². The quantitative estimate of drug-likeness (QED) is 0.845. The van der Waals surface area contributed by atoms with Crippen molar-refractivity contribution in [1.29, 1.82) is 0 Å². The molecule has 2 aromatic rings. The van der Waals surface area contributed by atoms with Crippen LogP contribution in [0.25, 0.3) is 6.08 Å². The van der Waals surface area contributed by atoms with Crippen molar-refractivity contribution in [1.82, 2.24) is 4.98 Å². The summed E-state index contributed by atoms with van der Waals surface area (Å²) >= 11 is 0. The van der Waals surface area contributed by atoms with Gasteiger partial charge in [-0.3, -0.25) is 9.78 Å². The van der Waals surface area contributed by atoms with E-state index in [2.05, 4.69) is 10.3 Å². The minimum absolute atomic E-state index is 0.179. The van der Waals surface area contributed by atoms with E-state index in [0.29, 0.717) is 11.3 Å². The molecular weight excluding hydrogens is 268 g/mol. The summed E-state index contributed by atoms with van der Waals surface area (Å²) in [6.45, 7) is 1.89. The Bertz CT molecular complexity index is 708. The van der Waals surface area contributed by atoms with Crippen molar-refractivity contribution in [3.05, 3.63) is 65.5 Å². The van der Waals surface area contributed by atoms with E-state index in [1.54, 1.807) is 18.2 Å². The fraction of sp³-hybridized carbons (Fsp3) is 0.0625. The van der Waals surface area contributed by atoms with Crippen LogP contribution in [0.1, 0.15) is 21.6 Å². The van der Waals surface area contributed by atoms with Gasteiger partial charge in [0.05, 0.1) is 0 Å². The Morgan fingerprint density at radius 1 is 1.19 bits per heavy atom. The maximum Gasteiger partial charge on any atom is 0.328 e. The van der Waals surface area contributed by atoms with E-state index in [4.69, 9.17) is 5.11 Å². The number of hydrogen-bond acceptors (Lipinski definition) is 3. The Morgan fingerprint density at radius 3 is 2.67 bits per heavy atom. The summed E-state index contributed by atoms with van der Waals surface area (Å²) in [7, 11) is 0. The second kappa shape index (κ2) is 6.47. The molecule has 106 valence electrons. The van der Waals surface area contributed by atoms with Gasteiger partial charge in [-0.1, -0.05) is 24.3 Å². The summed E-state index contributed by atoms with van der Waals surface area (Å²) < 4.78 is 0. The topological polar surface area (TPSA) is 79.3 Å². The molecule has 0 unspecified atom stereocenters. The molecule has 1 aromatic carbocycles. The number of para-hydroxylation sites is 1. The smallest absolute Gasteiger partial charge is 0.328 e. The van der Waals surface area contributed by atoms with Crippen molar-refractivity contribution in [3.63, 3.8) is 0 Å². The lowest BCUT2D eigenvalue weighted by atomic mass is 10.1. The van der Waals surface area contributed by atoms with E-state index < -0.39 is 5.97 Å². The van der Waals surface area contributed by atoms with E-state index in [-0.39, 0.29) is 11.6 Å². The maximum atomic E-state index is 12.3. The predicted molar refractivity (Wildman–Crippen MR) is 80.0 cm³/mol. The van der Waals surface area contributed by atoms with Crippen LogP contribution < -0.4 is 5.32 Å². The van der Waals surface area contributed by atoms with Crippen molar-refractivity contribution < 1.29 is 14.7 Å². The Kier molecular flexibility index (Phi) is 4.46. The van der Waals surface area contributed by atoms with Crippen LogP contribution >= 0.6 is 0 Å². The van der Waals surface area contributed by atoms with E-state index in [1.807, 2.05) is 25.1 Å². The second-order valence-electron chi connectivity index (χ2n) is 4.38. The number of hydrogen-bond donors (Lipinski definition) is 2. The maximum absolute atomic E-state index is 12.3. The number of pyridine rings is 1. The van der Waals surface area contributed by atoms with Crippen molar-refractivity contribution in [3.8, 4) is 0 Å². The van der Waals surface area contributed by atoms with E-state index >= 15 is 0 Å². The van der Waals surface area contributed by atoms with Crippen LogP contribution in [-0.2, 0) is 4.79 Å². The lowest BCUT2D eigenvalue weighted by molar-refractivity contribution is -0.131. The molecular formula is C16H14N2O3. The number of aryl methyl sites for hydroxylation is 1. The van der Waals surface area contributed by atoms with Crippen LogP contribution in [0.2, 0.25) is 0 Å². The zero-order chi connectivity index (χ0) is 15.2. The van der Waals surface area contributed by atoms with Crippen molar-refractivity contribution in [2.75, 3.05) is 5.32 Å². The molecule has 0 saturated carbocycles. The summed E-state index contributed by atoms with van der Waals surface area (Å²) in [6, 6.07) is 10.7. The lowest BCUT2D eigenvalue weighted by Gasteiger charge is -2.09. The van der Waals surface area contributed by atoms with E-state index in [9.17, 15) is 9.59 Å². The highest BCUT2D eigenvalue weighted by molar-refractivity contribution is 6.05. The van der Waals surface area contributed by atoms with Crippen molar-refractivity contribution in [2.24, 2.45) is 0 Å². The number of carboxylic acid groups (broad SMARTS) is 1. The highest BCUT2D eigenvalue weighted by Gasteiger charge is 2.12. The fourth-order valence-electron chi connectivity index (χ4n) is 1.80. The number of aliphatic carboxylic acids is 1. The van der Waals surface area contributed by atoms with Crippen molar-refractivity contribution >= 4 is 23.6 Å². The van der Waals surface area contributed by atoms with Crippen LogP contribution in [-0.4, -0.2) is 22.0 Å². The first-order valence-electron chi connectivity index (χ1n) is 6.31. The summed E-state index contributed by atoms with van der Waals surface area (Å²) in [4.78, 5) is 26.9. The molecule has 0 atom stereocenters. The first-order chi connectivity index (χ1) is 10.1. The fourth-order valence-corrected chi connectivity index (χ4v) is 1.80. The summed E-state index contributed by atoms with van der Waals surface area (Å²) in [5.41, 5.74) is 2.26. The van der Waals surface area contributed by atoms with Gasteiger partial charge in [0, 0.05) is 23.5 Å². The molecule has 0 aliphatic rings. The Balaban J connectivity index is 2.28. The third-order valence-corrected chi connectivity index (χ3v) is 2.85. The number of nitrogens with one attached hydrogen (secondary N) is 1. The zero-order valence-electron chi connectivity index (χ0n) is 11.4. The lowest BCUT2D eigenvalue weighted by Crippen LogP contribution is -2.15. The highest BCUT2D eigenvalue weighted by atomic mass is 16.4. The van der Waals surface area contributed by atoms with Crippen LogP contribution in [0, 0.1) is 6.92 Å². The van der Waals surface area contributed by atoms with Gasteiger partial charge in [0.15, 0.2) is 0 Å². The number of anilines is 1. The first-order valence-corrected chi connectivity index (χ1v) is 6.31. The number of benzene rings is 1. The minimum Gasteiger partial charge on any atom is -0.478 e. The molecule has 5 nitrogen and oxygen atoms in total. The van der Waals surface area contributed by atoms with Crippen molar-refractivity contribution in [2.45, 2.75) is 6.92 Å². The van der Waals surface area contributed by atoms with E-state index in [1.165, 1.54) is 12.3 Å². The molecule has 2 N–H and O–H groups in total. The molecule has 0 bridgehead atoms. The van der Waals surface area contributed by atoms with Gasteiger partial charge in [-0.05, 0) is 30.7 Å². The molecule has 1 amide bonds. The van der Waals surface area contributed by atoms with Gasteiger partial charge in [-0.25, -0.2) is 4.79 Å². The molecule has 1 heterocycles. The van der Waals surface area contributed by atoms with Gasteiger partial charge in [-0.2, -0.15) is 0 Å². The van der Waals surface area contributed by atoms with Gasteiger partial charge in [0.1, 0.15) is 5.69 Å². The zero-order valence-corrected chi connectivity index (χ0v) is 11.4. The minimum atomic E-state index is -1.08. The first kappa shape index (κ1) is 14.5. The monoisotopic (exact) mass is 282 g/mol. The van der Waals surface area contributed by atoms with Gasteiger partial charge < -0.3 is 10.4 Å². The highest BCUT2D eigenvalue weighted by Crippen LogP contribution is 2.16. The summed E-state index contributed by atoms with van der Waals surface area (Å²) in [6.07, 6.45) is 3.81. The van der Waals surface area contributed by atoms with Crippen LogP contribution in [0.15, 0.2) is 48.7 Å². The third-order valence-electron chi connectivity index (χ3n) is 2.85. The predicted octanol–water partition coefficient (Wildman–Crippen LogP) is 2.74. The number of amides is 1. The normalized spacial score (nSPS) is 10.5. The third kappa shape index (κ3) is 3.76. The standard InChI is InChI=1S/C16H14N2O3/c1-11-5-2-3-7-13(11)18-16(21)15-12(6-4-10-17-15)8-9-14(19)20/h2-10H,1H3,(H,18,21)(H,19,20)/b9-8+. The summed E-state index contributed by atoms with van der Waals surface area (Å²) in [5.74, 6) is -1.46. The Hall–Kier alpha value is -2.95. The number of carbonyl (C=O) groups excluding carboxylic acids is 1. The molecule has 2 rings (SSSR count). The Labute approximate surface area is 122 Å². The molecule has 0 saturated heterocycles. The molecule has 5 heteroatoms. The molecule has 0 aliphatic heterocycles. The molecule has 0 radical (unpaired) electrons. The molecule has 21 heavy (non-hydrogen) atoms. The van der Waals surface area contributed by atoms with Gasteiger partial charge in [-0.15, -0.1) is 0 Å². The largest absolute Gasteiger partial charge is 0.478 e. The van der Waals surface area contributed by atoms with Crippen LogP contribution in [0.5, 0.6) is 0 Å². The van der Waals surface area contributed by atoms with Gasteiger partial charge >= 0.3 is 5.97 Å². The molecule has 1 aromatic heterocycles. The molecule has 0 spiro atoms. The van der Waals surface area contributed by atoms with Crippen LogP contribution in [0.3, 0.4) is 0 Å². The Morgan fingerprint density at radius 2 is 1.95 bits per heavy atom. The average molecular weight is 282 g/mol. The van der Waals surface area contributed by atoms with Gasteiger partial charge in [0.25, 0.3) is 5.91 Å². The number of rotatable bonds is 4. The van der Waals surface area contributed by atoms with Crippen LogP contribution in [0.4, 0.5) is 5.69 Å². The summed E-state index contributed by atoms with van der Waals surface area (Å²) in [5, 5.41) is 11.4.